The molecule has 96 valence electrons. The minimum Gasteiger partial charge on any atom is -0.497 e. The van der Waals surface area contributed by atoms with Gasteiger partial charge in [0.2, 0.25) is 0 Å². The summed E-state index contributed by atoms with van der Waals surface area (Å²) in [5, 5.41) is 12.2. The van der Waals surface area contributed by atoms with Gasteiger partial charge in [-0.2, -0.15) is 5.26 Å². The van der Waals surface area contributed by atoms with Gasteiger partial charge in [-0.15, -0.1) is 0 Å². The Bertz CT molecular complexity index is 650. The van der Waals surface area contributed by atoms with E-state index in [2.05, 4.69) is 32.3 Å². The summed E-state index contributed by atoms with van der Waals surface area (Å²) >= 11 is 3.41. The van der Waals surface area contributed by atoms with Crippen LogP contribution in [0.5, 0.6) is 5.75 Å². The molecule has 1 aromatic carbocycles. The lowest BCUT2D eigenvalue weighted by Crippen LogP contribution is -1.98. The van der Waals surface area contributed by atoms with Gasteiger partial charge in [-0.3, -0.25) is 0 Å². The first-order valence-corrected chi connectivity index (χ1v) is 6.41. The van der Waals surface area contributed by atoms with E-state index in [-0.39, 0.29) is 0 Å². The monoisotopic (exact) mass is 317 g/mol. The van der Waals surface area contributed by atoms with Gasteiger partial charge in [-0.05, 0) is 31.2 Å². The van der Waals surface area contributed by atoms with Crippen molar-refractivity contribution in [1.82, 2.24) is 4.98 Å². The predicted octanol–water partition coefficient (Wildman–Crippen LogP) is 3.78. The molecule has 0 saturated heterocycles. The van der Waals surface area contributed by atoms with Crippen LogP contribution in [0.1, 0.15) is 11.3 Å². The van der Waals surface area contributed by atoms with E-state index < -0.39 is 0 Å². The first kappa shape index (κ1) is 13.4. The van der Waals surface area contributed by atoms with E-state index in [4.69, 9.17) is 10.00 Å². The molecule has 0 atom stereocenters. The molecule has 0 saturated carbocycles. The fourth-order valence-corrected chi connectivity index (χ4v) is 2.10. The lowest BCUT2D eigenvalue weighted by molar-refractivity contribution is 0.415. The van der Waals surface area contributed by atoms with Crippen molar-refractivity contribution in [1.29, 1.82) is 5.26 Å². The molecule has 4 nitrogen and oxygen atoms in total. The summed E-state index contributed by atoms with van der Waals surface area (Å²) in [6, 6.07) is 11.3. The molecule has 1 N–H and O–H groups in total. The van der Waals surface area contributed by atoms with E-state index in [1.54, 1.807) is 13.2 Å². The van der Waals surface area contributed by atoms with Crippen LogP contribution in [-0.4, -0.2) is 12.1 Å². The molecular weight excluding hydrogens is 306 g/mol. The van der Waals surface area contributed by atoms with Crippen molar-refractivity contribution >= 4 is 27.4 Å². The van der Waals surface area contributed by atoms with E-state index in [0.29, 0.717) is 11.4 Å². The summed E-state index contributed by atoms with van der Waals surface area (Å²) in [4.78, 5) is 4.33. The molecule has 0 spiro atoms. The van der Waals surface area contributed by atoms with Crippen LogP contribution in [0.4, 0.5) is 11.5 Å². The molecule has 2 aromatic rings. The lowest BCUT2D eigenvalue weighted by atomic mass is 10.2. The van der Waals surface area contributed by atoms with Crippen molar-refractivity contribution in [2.75, 3.05) is 12.4 Å². The first-order valence-electron chi connectivity index (χ1n) is 5.61. The van der Waals surface area contributed by atoms with Crippen LogP contribution in [0.2, 0.25) is 0 Å². The van der Waals surface area contributed by atoms with Crippen LogP contribution in [-0.2, 0) is 0 Å². The maximum absolute atomic E-state index is 9.08. The number of methoxy groups -OCH3 is 1. The van der Waals surface area contributed by atoms with Crippen LogP contribution in [0.15, 0.2) is 34.8 Å². The van der Waals surface area contributed by atoms with Gasteiger partial charge in [0, 0.05) is 21.9 Å². The van der Waals surface area contributed by atoms with Crippen LogP contribution >= 0.6 is 15.9 Å². The standard InChI is InChI=1S/C14H12BrN3O/c1-9-3-4-10(8-16)14(17-9)18-12-5-11(15)6-13(7-12)19-2/h3-7H,1-2H3,(H,17,18). The molecular formula is C14H12BrN3O. The molecule has 0 bridgehead atoms. The van der Waals surface area contributed by atoms with Crippen molar-refractivity contribution in [2.24, 2.45) is 0 Å². The van der Waals surface area contributed by atoms with E-state index >= 15 is 0 Å². The molecule has 2 rings (SSSR count). The van der Waals surface area contributed by atoms with Crippen molar-refractivity contribution in [2.45, 2.75) is 6.92 Å². The topological polar surface area (TPSA) is 57.9 Å². The fourth-order valence-electron chi connectivity index (χ4n) is 1.63. The third kappa shape index (κ3) is 3.24. The molecule has 5 heteroatoms. The normalized spacial score (nSPS) is 9.79. The van der Waals surface area contributed by atoms with E-state index in [1.807, 2.05) is 31.2 Å². The summed E-state index contributed by atoms with van der Waals surface area (Å²) in [5.41, 5.74) is 2.16. The summed E-state index contributed by atoms with van der Waals surface area (Å²) in [5.74, 6) is 1.27. The Balaban J connectivity index is 2.38. The molecule has 0 fully saturated rings. The number of aryl methyl sites for hydroxylation is 1. The molecule has 1 heterocycles. The fraction of sp³-hybridized carbons (Fsp3) is 0.143. The quantitative estimate of drug-likeness (QED) is 0.936. The Morgan fingerprint density at radius 2 is 2.11 bits per heavy atom. The van der Waals surface area contributed by atoms with Gasteiger partial charge in [0.05, 0.1) is 12.7 Å². The number of nitriles is 1. The zero-order valence-electron chi connectivity index (χ0n) is 10.6. The zero-order chi connectivity index (χ0) is 13.8. The Morgan fingerprint density at radius 1 is 1.32 bits per heavy atom. The molecule has 0 aliphatic heterocycles. The predicted molar refractivity (Wildman–Crippen MR) is 77.7 cm³/mol. The van der Waals surface area contributed by atoms with Crippen molar-refractivity contribution in [3.05, 3.63) is 46.1 Å². The molecule has 1 aromatic heterocycles. The Morgan fingerprint density at radius 3 is 2.79 bits per heavy atom. The number of nitrogens with one attached hydrogen (secondary N) is 1. The van der Waals surface area contributed by atoms with Crippen LogP contribution < -0.4 is 10.1 Å². The van der Waals surface area contributed by atoms with E-state index in [0.717, 1.165) is 21.6 Å². The number of ether oxygens (including phenoxy) is 1. The smallest absolute Gasteiger partial charge is 0.148 e. The zero-order valence-corrected chi connectivity index (χ0v) is 12.2. The Hall–Kier alpha value is -2.06. The van der Waals surface area contributed by atoms with Gasteiger partial charge < -0.3 is 10.1 Å². The van der Waals surface area contributed by atoms with Crippen molar-refractivity contribution in [3.63, 3.8) is 0 Å². The highest BCUT2D eigenvalue weighted by Crippen LogP contribution is 2.27. The number of hydrogen-bond donors (Lipinski definition) is 1. The summed E-state index contributed by atoms with van der Waals surface area (Å²) < 4.78 is 6.09. The second kappa shape index (κ2) is 5.72. The number of benzene rings is 1. The molecule has 0 amide bonds. The average molecular weight is 318 g/mol. The lowest BCUT2D eigenvalue weighted by Gasteiger charge is -2.10. The number of anilines is 2. The van der Waals surface area contributed by atoms with Gasteiger partial charge in [-0.1, -0.05) is 15.9 Å². The number of nitrogens with zero attached hydrogens (tertiary/aromatic N) is 2. The number of pyridine rings is 1. The third-order valence-electron chi connectivity index (χ3n) is 2.52. The molecule has 0 aliphatic rings. The van der Waals surface area contributed by atoms with Gasteiger partial charge in [0.1, 0.15) is 17.6 Å². The van der Waals surface area contributed by atoms with Crippen LogP contribution in [0, 0.1) is 18.3 Å². The SMILES string of the molecule is COc1cc(Br)cc(Nc2nc(C)ccc2C#N)c1. The second-order valence-electron chi connectivity index (χ2n) is 3.97. The number of rotatable bonds is 3. The van der Waals surface area contributed by atoms with E-state index in [9.17, 15) is 0 Å². The minimum absolute atomic E-state index is 0.504. The van der Waals surface area contributed by atoms with Crippen molar-refractivity contribution < 1.29 is 4.74 Å². The summed E-state index contributed by atoms with van der Waals surface area (Å²) in [6.07, 6.45) is 0. The van der Waals surface area contributed by atoms with Gasteiger partial charge in [0.25, 0.3) is 0 Å². The molecule has 0 aliphatic carbocycles. The Kier molecular flexibility index (Phi) is 4.03. The van der Waals surface area contributed by atoms with E-state index in [1.165, 1.54) is 0 Å². The van der Waals surface area contributed by atoms with Gasteiger partial charge in [-0.25, -0.2) is 4.98 Å². The average Bonchev–Trinajstić information content (AvgIpc) is 2.38. The third-order valence-corrected chi connectivity index (χ3v) is 2.98. The number of hydrogen-bond acceptors (Lipinski definition) is 4. The maximum Gasteiger partial charge on any atom is 0.148 e. The highest BCUT2D eigenvalue weighted by atomic mass is 79.9. The molecule has 0 unspecified atom stereocenters. The number of aromatic nitrogens is 1. The van der Waals surface area contributed by atoms with Gasteiger partial charge in [0.15, 0.2) is 0 Å². The molecule has 19 heavy (non-hydrogen) atoms. The second-order valence-corrected chi connectivity index (χ2v) is 4.88. The Labute approximate surface area is 120 Å². The summed E-state index contributed by atoms with van der Waals surface area (Å²) in [6.45, 7) is 1.88. The number of halogens is 1. The first-order chi connectivity index (χ1) is 9.12. The minimum atomic E-state index is 0.504. The molecule has 0 radical (unpaired) electrons. The highest BCUT2D eigenvalue weighted by molar-refractivity contribution is 9.10. The summed E-state index contributed by atoms with van der Waals surface area (Å²) in [7, 11) is 1.61. The van der Waals surface area contributed by atoms with Crippen LogP contribution in [0.3, 0.4) is 0 Å². The highest BCUT2D eigenvalue weighted by Gasteiger charge is 2.06. The van der Waals surface area contributed by atoms with Crippen molar-refractivity contribution in [3.8, 4) is 11.8 Å². The van der Waals surface area contributed by atoms with Gasteiger partial charge >= 0.3 is 0 Å². The largest absolute Gasteiger partial charge is 0.497 e. The maximum atomic E-state index is 9.08. The van der Waals surface area contributed by atoms with Crippen LogP contribution in [0.25, 0.3) is 0 Å².